The lowest BCUT2D eigenvalue weighted by molar-refractivity contribution is 0.320. The van der Waals surface area contributed by atoms with Crippen molar-refractivity contribution in [3.63, 3.8) is 0 Å². The van der Waals surface area contributed by atoms with E-state index < -0.39 is 10.2 Å². The van der Waals surface area contributed by atoms with Crippen molar-refractivity contribution in [3.8, 4) is 5.75 Å². The molecular formula is C14H22N2O3S. The standard InChI is InChI=1S/C14H22N2O3S/c1-4-8-15-20(17,18)16-9-7-12-10-13(19-3)5-6-14(12)11(16)2/h5-6,10-11,15H,4,7-9H2,1-3H3. The van der Waals surface area contributed by atoms with Crippen molar-refractivity contribution >= 4 is 10.2 Å². The van der Waals surface area contributed by atoms with Crippen molar-refractivity contribution < 1.29 is 13.2 Å². The van der Waals surface area contributed by atoms with Crippen LogP contribution in [-0.2, 0) is 16.6 Å². The van der Waals surface area contributed by atoms with E-state index in [2.05, 4.69) is 4.72 Å². The van der Waals surface area contributed by atoms with Gasteiger partial charge < -0.3 is 4.74 Å². The minimum Gasteiger partial charge on any atom is -0.497 e. The van der Waals surface area contributed by atoms with Gasteiger partial charge in [-0.15, -0.1) is 0 Å². The third-order valence-electron chi connectivity index (χ3n) is 3.68. The summed E-state index contributed by atoms with van der Waals surface area (Å²) in [4.78, 5) is 0. The Hall–Kier alpha value is -1.11. The molecule has 1 aromatic rings. The van der Waals surface area contributed by atoms with Crippen LogP contribution in [0.4, 0.5) is 0 Å². The first-order chi connectivity index (χ1) is 9.49. The highest BCUT2D eigenvalue weighted by molar-refractivity contribution is 7.87. The zero-order chi connectivity index (χ0) is 14.8. The Kier molecular flexibility index (Phi) is 4.67. The highest BCUT2D eigenvalue weighted by atomic mass is 32.2. The maximum atomic E-state index is 12.3. The van der Waals surface area contributed by atoms with Gasteiger partial charge in [-0.2, -0.15) is 12.7 Å². The Labute approximate surface area is 121 Å². The molecule has 0 saturated carbocycles. The highest BCUT2D eigenvalue weighted by Gasteiger charge is 2.32. The maximum absolute atomic E-state index is 12.3. The van der Waals surface area contributed by atoms with Gasteiger partial charge in [0.25, 0.3) is 10.2 Å². The van der Waals surface area contributed by atoms with Crippen LogP contribution in [-0.4, -0.2) is 32.9 Å². The van der Waals surface area contributed by atoms with Crippen LogP contribution < -0.4 is 9.46 Å². The van der Waals surface area contributed by atoms with Gasteiger partial charge in [-0.3, -0.25) is 0 Å². The molecule has 0 aliphatic carbocycles. The zero-order valence-corrected chi connectivity index (χ0v) is 13.0. The van der Waals surface area contributed by atoms with Crippen molar-refractivity contribution in [1.29, 1.82) is 0 Å². The summed E-state index contributed by atoms with van der Waals surface area (Å²) >= 11 is 0. The van der Waals surface area contributed by atoms with E-state index in [1.165, 1.54) is 9.87 Å². The zero-order valence-electron chi connectivity index (χ0n) is 12.2. The van der Waals surface area contributed by atoms with Gasteiger partial charge in [0, 0.05) is 19.1 Å². The van der Waals surface area contributed by atoms with Crippen molar-refractivity contribution in [2.24, 2.45) is 0 Å². The highest BCUT2D eigenvalue weighted by Crippen LogP contribution is 2.33. The van der Waals surface area contributed by atoms with Gasteiger partial charge in [0.15, 0.2) is 0 Å². The van der Waals surface area contributed by atoms with Crippen LogP contribution in [0.3, 0.4) is 0 Å². The van der Waals surface area contributed by atoms with Crippen molar-refractivity contribution in [2.75, 3.05) is 20.2 Å². The van der Waals surface area contributed by atoms with E-state index in [-0.39, 0.29) is 6.04 Å². The lowest BCUT2D eigenvalue weighted by Crippen LogP contribution is -2.45. The van der Waals surface area contributed by atoms with Gasteiger partial charge >= 0.3 is 0 Å². The molecule has 20 heavy (non-hydrogen) atoms. The molecular weight excluding hydrogens is 276 g/mol. The van der Waals surface area contributed by atoms with E-state index in [1.807, 2.05) is 32.0 Å². The number of ether oxygens (including phenoxy) is 1. The molecule has 6 heteroatoms. The summed E-state index contributed by atoms with van der Waals surface area (Å²) in [5, 5.41) is 0. The summed E-state index contributed by atoms with van der Waals surface area (Å²) in [7, 11) is -1.76. The third kappa shape index (κ3) is 2.97. The fourth-order valence-corrected chi connectivity index (χ4v) is 4.04. The predicted octanol–water partition coefficient (Wildman–Crippen LogP) is 1.86. The van der Waals surface area contributed by atoms with Crippen LogP contribution >= 0.6 is 0 Å². The molecule has 112 valence electrons. The Morgan fingerprint density at radius 1 is 1.45 bits per heavy atom. The predicted molar refractivity (Wildman–Crippen MR) is 79.0 cm³/mol. The fourth-order valence-electron chi connectivity index (χ4n) is 2.55. The molecule has 1 aliphatic rings. The molecule has 1 aromatic carbocycles. The number of hydrogen-bond acceptors (Lipinski definition) is 3. The molecule has 0 saturated heterocycles. The van der Waals surface area contributed by atoms with Crippen LogP contribution in [0.2, 0.25) is 0 Å². The van der Waals surface area contributed by atoms with Crippen LogP contribution in [0.25, 0.3) is 0 Å². The molecule has 1 unspecified atom stereocenters. The Bertz CT molecular complexity index is 572. The molecule has 1 heterocycles. The lowest BCUT2D eigenvalue weighted by Gasteiger charge is -2.34. The quantitative estimate of drug-likeness (QED) is 0.902. The lowest BCUT2D eigenvalue weighted by atomic mass is 9.95. The Morgan fingerprint density at radius 3 is 2.85 bits per heavy atom. The van der Waals surface area contributed by atoms with Gasteiger partial charge in [0.1, 0.15) is 5.75 Å². The summed E-state index contributed by atoms with van der Waals surface area (Å²) in [6, 6.07) is 5.68. The molecule has 5 nitrogen and oxygen atoms in total. The van der Waals surface area contributed by atoms with Gasteiger partial charge in [-0.25, -0.2) is 4.72 Å². The van der Waals surface area contributed by atoms with Gasteiger partial charge in [-0.1, -0.05) is 13.0 Å². The van der Waals surface area contributed by atoms with Crippen LogP contribution in [0, 0.1) is 0 Å². The van der Waals surface area contributed by atoms with Gasteiger partial charge in [0.05, 0.1) is 7.11 Å². The molecule has 0 bridgehead atoms. The van der Waals surface area contributed by atoms with Crippen LogP contribution in [0.1, 0.15) is 37.4 Å². The molecule has 0 radical (unpaired) electrons. The number of fused-ring (bicyclic) bond motifs is 1. The minimum absolute atomic E-state index is 0.154. The van der Waals surface area contributed by atoms with Crippen molar-refractivity contribution in [2.45, 2.75) is 32.7 Å². The second-order valence-corrected chi connectivity index (χ2v) is 6.71. The molecule has 0 fully saturated rings. The molecule has 1 aliphatic heterocycles. The summed E-state index contributed by atoms with van der Waals surface area (Å²) in [5.41, 5.74) is 2.22. The van der Waals surface area contributed by atoms with E-state index in [9.17, 15) is 8.42 Å². The number of hydrogen-bond donors (Lipinski definition) is 1. The molecule has 1 atom stereocenters. The average molecular weight is 298 g/mol. The van der Waals surface area contributed by atoms with Gasteiger partial charge in [0.2, 0.25) is 0 Å². The first-order valence-corrected chi connectivity index (χ1v) is 8.37. The molecule has 0 aromatic heterocycles. The maximum Gasteiger partial charge on any atom is 0.280 e. The summed E-state index contributed by atoms with van der Waals surface area (Å²) in [6.45, 7) is 4.85. The smallest absolute Gasteiger partial charge is 0.280 e. The summed E-state index contributed by atoms with van der Waals surface area (Å²) < 4.78 is 33.9. The van der Waals surface area contributed by atoms with E-state index in [4.69, 9.17) is 4.74 Å². The molecule has 0 amide bonds. The monoisotopic (exact) mass is 298 g/mol. The van der Waals surface area contributed by atoms with E-state index in [0.29, 0.717) is 19.5 Å². The number of rotatable bonds is 5. The second kappa shape index (κ2) is 6.11. The first kappa shape index (κ1) is 15.3. The van der Waals surface area contributed by atoms with Gasteiger partial charge in [-0.05, 0) is 43.0 Å². The number of methoxy groups -OCH3 is 1. The number of nitrogens with one attached hydrogen (secondary N) is 1. The second-order valence-electron chi connectivity index (χ2n) is 5.00. The van der Waals surface area contributed by atoms with Crippen molar-refractivity contribution in [3.05, 3.63) is 29.3 Å². The van der Waals surface area contributed by atoms with Crippen LogP contribution in [0.15, 0.2) is 18.2 Å². The number of benzene rings is 1. The normalized spacial score (nSPS) is 19.6. The SMILES string of the molecule is CCCNS(=O)(=O)N1CCc2cc(OC)ccc2C1C. The van der Waals surface area contributed by atoms with Crippen molar-refractivity contribution in [1.82, 2.24) is 9.03 Å². The van der Waals surface area contributed by atoms with E-state index >= 15 is 0 Å². The largest absolute Gasteiger partial charge is 0.497 e. The minimum atomic E-state index is -3.40. The molecule has 1 N–H and O–H groups in total. The summed E-state index contributed by atoms with van der Waals surface area (Å²) in [6.07, 6.45) is 1.50. The summed E-state index contributed by atoms with van der Waals surface area (Å²) in [5.74, 6) is 0.816. The fraction of sp³-hybridized carbons (Fsp3) is 0.571. The Morgan fingerprint density at radius 2 is 2.20 bits per heavy atom. The van der Waals surface area contributed by atoms with E-state index in [0.717, 1.165) is 17.7 Å². The van der Waals surface area contributed by atoms with E-state index in [1.54, 1.807) is 7.11 Å². The molecule has 0 spiro atoms. The third-order valence-corrected chi connectivity index (χ3v) is 5.36. The Balaban J connectivity index is 2.25. The molecule has 2 rings (SSSR count). The average Bonchev–Trinajstić information content (AvgIpc) is 2.44. The number of nitrogens with zero attached hydrogens (tertiary/aromatic N) is 1. The topological polar surface area (TPSA) is 58.6 Å². The first-order valence-electron chi connectivity index (χ1n) is 6.93. The van der Waals surface area contributed by atoms with Crippen LogP contribution in [0.5, 0.6) is 5.75 Å².